The monoisotopic (exact) mass is 303 g/mol. The van der Waals surface area contributed by atoms with E-state index in [1.807, 2.05) is 0 Å². The Labute approximate surface area is 123 Å². The van der Waals surface area contributed by atoms with Crippen molar-refractivity contribution in [2.75, 3.05) is 6.54 Å². The highest BCUT2D eigenvalue weighted by Crippen LogP contribution is 2.24. The molecule has 0 saturated carbocycles. The lowest BCUT2D eigenvalue weighted by atomic mass is 9.90. The van der Waals surface area contributed by atoms with Crippen LogP contribution < -0.4 is 5.32 Å². The van der Waals surface area contributed by atoms with Crippen LogP contribution in [0.1, 0.15) is 37.6 Å². The molecule has 0 heterocycles. The van der Waals surface area contributed by atoms with E-state index in [9.17, 15) is 9.90 Å². The normalized spacial score (nSPS) is 13.1. The second-order valence-electron chi connectivity index (χ2n) is 5.73. The van der Waals surface area contributed by atoms with Crippen LogP contribution >= 0.6 is 23.2 Å². The SMILES string of the molecule is CC(C)(C)CC(Cl)CNC(=O)c1ccc(Cl)cc1O. The van der Waals surface area contributed by atoms with E-state index in [2.05, 4.69) is 26.1 Å². The number of carbonyl (C=O) groups is 1. The zero-order valence-corrected chi connectivity index (χ0v) is 12.8. The van der Waals surface area contributed by atoms with E-state index >= 15 is 0 Å². The number of amides is 1. The van der Waals surface area contributed by atoms with Gasteiger partial charge in [-0.2, -0.15) is 0 Å². The van der Waals surface area contributed by atoms with Crippen molar-refractivity contribution in [2.24, 2.45) is 5.41 Å². The molecule has 0 spiro atoms. The second-order valence-corrected chi connectivity index (χ2v) is 6.79. The zero-order chi connectivity index (χ0) is 14.6. The minimum atomic E-state index is -0.353. The van der Waals surface area contributed by atoms with Crippen LogP contribution in [0.3, 0.4) is 0 Å². The quantitative estimate of drug-likeness (QED) is 0.831. The molecular weight excluding hydrogens is 285 g/mol. The maximum Gasteiger partial charge on any atom is 0.255 e. The number of hydrogen-bond donors (Lipinski definition) is 2. The molecule has 1 unspecified atom stereocenters. The van der Waals surface area contributed by atoms with Crippen molar-refractivity contribution < 1.29 is 9.90 Å². The predicted octanol–water partition coefficient (Wildman–Crippen LogP) is 3.82. The largest absolute Gasteiger partial charge is 0.507 e. The minimum absolute atomic E-state index is 0.111. The maximum atomic E-state index is 11.9. The molecule has 0 aromatic heterocycles. The van der Waals surface area contributed by atoms with Gasteiger partial charge >= 0.3 is 0 Å². The topological polar surface area (TPSA) is 49.3 Å². The smallest absolute Gasteiger partial charge is 0.255 e. The van der Waals surface area contributed by atoms with E-state index in [1.54, 1.807) is 6.07 Å². The second kappa shape index (κ2) is 6.49. The molecule has 0 aliphatic rings. The third kappa shape index (κ3) is 5.70. The summed E-state index contributed by atoms with van der Waals surface area (Å²) in [7, 11) is 0. The molecule has 1 rings (SSSR count). The van der Waals surface area contributed by atoms with Crippen LogP contribution in [0.5, 0.6) is 5.75 Å². The summed E-state index contributed by atoms with van der Waals surface area (Å²) in [5.41, 5.74) is 0.309. The van der Waals surface area contributed by atoms with Crippen LogP contribution in [-0.4, -0.2) is 22.9 Å². The summed E-state index contributed by atoms with van der Waals surface area (Å²) in [6, 6.07) is 4.38. The molecule has 0 saturated heterocycles. The van der Waals surface area contributed by atoms with Gasteiger partial charge in [0.25, 0.3) is 5.91 Å². The molecule has 106 valence electrons. The Morgan fingerprint density at radius 2 is 2.05 bits per heavy atom. The van der Waals surface area contributed by atoms with Gasteiger partial charge in [-0.1, -0.05) is 32.4 Å². The van der Waals surface area contributed by atoms with Gasteiger partial charge in [0.1, 0.15) is 5.75 Å². The van der Waals surface area contributed by atoms with Crippen LogP contribution in [0.15, 0.2) is 18.2 Å². The Morgan fingerprint density at radius 3 is 2.58 bits per heavy atom. The number of carbonyl (C=O) groups excluding carboxylic acids is 1. The number of rotatable bonds is 4. The molecule has 0 aliphatic heterocycles. The Morgan fingerprint density at radius 1 is 1.42 bits per heavy atom. The molecule has 3 nitrogen and oxygen atoms in total. The molecular formula is C14H19Cl2NO2. The van der Waals surface area contributed by atoms with E-state index in [-0.39, 0.29) is 28.0 Å². The number of hydrogen-bond acceptors (Lipinski definition) is 2. The first-order valence-corrected chi connectivity index (χ1v) is 6.91. The van der Waals surface area contributed by atoms with Gasteiger partial charge in [0.2, 0.25) is 0 Å². The van der Waals surface area contributed by atoms with Gasteiger partial charge in [0, 0.05) is 11.6 Å². The first-order chi connectivity index (χ1) is 8.69. The number of phenolic OH excluding ortho intramolecular Hbond substituents is 1. The van der Waals surface area contributed by atoms with E-state index in [4.69, 9.17) is 23.2 Å². The first-order valence-electron chi connectivity index (χ1n) is 6.10. The van der Waals surface area contributed by atoms with Gasteiger partial charge in [0.05, 0.1) is 10.9 Å². The van der Waals surface area contributed by atoms with Crippen molar-refractivity contribution in [2.45, 2.75) is 32.6 Å². The van der Waals surface area contributed by atoms with Crippen molar-refractivity contribution in [3.63, 3.8) is 0 Å². The Kier molecular flexibility index (Phi) is 5.50. The zero-order valence-electron chi connectivity index (χ0n) is 11.3. The summed E-state index contributed by atoms with van der Waals surface area (Å²) in [5, 5.41) is 12.6. The average molecular weight is 304 g/mol. The summed E-state index contributed by atoms with van der Waals surface area (Å²) < 4.78 is 0. The molecule has 0 fully saturated rings. The molecule has 0 bridgehead atoms. The molecule has 1 atom stereocenters. The number of halogens is 2. The van der Waals surface area contributed by atoms with Crippen molar-refractivity contribution in [3.8, 4) is 5.75 Å². The lowest BCUT2D eigenvalue weighted by Gasteiger charge is -2.22. The van der Waals surface area contributed by atoms with Gasteiger partial charge in [-0.05, 0) is 30.0 Å². The fraction of sp³-hybridized carbons (Fsp3) is 0.500. The number of nitrogens with one attached hydrogen (secondary N) is 1. The van der Waals surface area contributed by atoms with Gasteiger partial charge < -0.3 is 10.4 Å². The minimum Gasteiger partial charge on any atom is -0.507 e. The molecule has 1 amide bonds. The maximum absolute atomic E-state index is 11.9. The molecule has 2 N–H and O–H groups in total. The van der Waals surface area contributed by atoms with Gasteiger partial charge in [0.15, 0.2) is 0 Å². The van der Waals surface area contributed by atoms with Crippen LogP contribution in [0, 0.1) is 5.41 Å². The van der Waals surface area contributed by atoms with Crippen molar-refractivity contribution >= 4 is 29.1 Å². The number of phenols is 1. The van der Waals surface area contributed by atoms with E-state index in [0.717, 1.165) is 6.42 Å². The predicted molar refractivity (Wildman–Crippen MR) is 79.2 cm³/mol. The van der Waals surface area contributed by atoms with E-state index < -0.39 is 0 Å². The molecule has 19 heavy (non-hydrogen) atoms. The molecule has 5 heteroatoms. The summed E-state index contributed by atoms with van der Waals surface area (Å²) in [6.45, 7) is 6.64. The van der Waals surface area contributed by atoms with Crippen LogP contribution in [0.25, 0.3) is 0 Å². The van der Waals surface area contributed by atoms with E-state index in [1.165, 1.54) is 12.1 Å². The third-order valence-electron chi connectivity index (χ3n) is 2.52. The Balaban J connectivity index is 2.56. The number of aromatic hydroxyl groups is 1. The highest BCUT2D eigenvalue weighted by Gasteiger charge is 2.18. The Bertz CT molecular complexity index is 455. The number of alkyl halides is 1. The highest BCUT2D eigenvalue weighted by molar-refractivity contribution is 6.30. The van der Waals surface area contributed by atoms with Crippen LogP contribution in [-0.2, 0) is 0 Å². The summed E-state index contributed by atoms with van der Waals surface area (Å²) in [5.74, 6) is -0.485. The average Bonchev–Trinajstić information content (AvgIpc) is 2.23. The lowest BCUT2D eigenvalue weighted by molar-refractivity contribution is 0.0949. The highest BCUT2D eigenvalue weighted by atomic mass is 35.5. The van der Waals surface area contributed by atoms with Crippen molar-refractivity contribution in [1.29, 1.82) is 0 Å². The van der Waals surface area contributed by atoms with Crippen LogP contribution in [0.4, 0.5) is 0 Å². The molecule has 0 radical (unpaired) electrons. The third-order valence-corrected chi connectivity index (χ3v) is 3.07. The fourth-order valence-corrected chi connectivity index (χ4v) is 2.44. The van der Waals surface area contributed by atoms with Crippen LogP contribution in [0.2, 0.25) is 5.02 Å². The van der Waals surface area contributed by atoms with Gasteiger partial charge in [-0.15, -0.1) is 11.6 Å². The first kappa shape index (κ1) is 16.1. The Hall–Kier alpha value is -0.930. The summed E-state index contributed by atoms with van der Waals surface area (Å²) in [6.07, 6.45) is 0.793. The van der Waals surface area contributed by atoms with Gasteiger partial charge in [-0.25, -0.2) is 0 Å². The van der Waals surface area contributed by atoms with Crippen molar-refractivity contribution in [1.82, 2.24) is 5.32 Å². The lowest BCUT2D eigenvalue weighted by Crippen LogP contribution is -2.31. The van der Waals surface area contributed by atoms with Gasteiger partial charge in [-0.3, -0.25) is 4.79 Å². The fourth-order valence-electron chi connectivity index (χ4n) is 1.73. The molecule has 1 aromatic carbocycles. The number of benzene rings is 1. The van der Waals surface area contributed by atoms with Crippen molar-refractivity contribution in [3.05, 3.63) is 28.8 Å². The standard InChI is InChI=1S/C14H19Cl2NO2/c1-14(2,3)7-10(16)8-17-13(19)11-5-4-9(15)6-12(11)18/h4-6,10,18H,7-8H2,1-3H3,(H,17,19). The molecule has 1 aromatic rings. The summed E-state index contributed by atoms with van der Waals surface area (Å²) in [4.78, 5) is 11.9. The van der Waals surface area contributed by atoms with E-state index in [0.29, 0.717) is 11.6 Å². The molecule has 0 aliphatic carbocycles. The summed E-state index contributed by atoms with van der Waals surface area (Å²) >= 11 is 11.9.